The third-order valence-electron chi connectivity index (χ3n) is 3.84. The Kier molecular flexibility index (Phi) is 3.09. The van der Waals surface area contributed by atoms with Crippen LogP contribution in [-0.2, 0) is 0 Å². The van der Waals surface area contributed by atoms with Gasteiger partial charge in [-0.15, -0.1) is 11.3 Å². The number of nitrogens with one attached hydrogen (secondary N) is 1. The number of piperidine rings is 1. The number of fused-ring (bicyclic) bond motifs is 1. The van der Waals surface area contributed by atoms with E-state index in [-0.39, 0.29) is 0 Å². The lowest BCUT2D eigenvalue weighted by Gasteiger charge is -2.20. The minimum absolute atomic E-state index is 0.314. The SMILES string of the molecule is c1cc2c(cc1-c1csc(C3CCCNC3)n1)OCO2. The fourth-order valence-corrected chi connectivity index (χ4v) is 3.69. The lowest BCUT2D eigenvalue weighted by Crippen LogP contribution is -2.28. The monoisotopic (exact) mass is 288 g/mol. The van der Waals surface area contributed by atoms with E-state index in [1.54, 1.807) is 11.3 Å². The summed E-state index contributed by atoms with van der Waals surface area (Å²) >= 11 is 1.76. The first-order chi connectivity index (χ1) is 9.90. The van der Waals surface area contributed by atoms with Gasteiger partial charge < -0.3 is 14.8 Å². The second-order valence-electron chi connectivity index (χ2n) is 5.18. The van der Waals surface area contributed by atoms with E-state index >= 15 is 0 Å². The van der Waals surface area contributed by atoms with E-state index in [2.05, 4.69) is 10.7 Å². The van der Waals surface area contributed by atoms with Gasteiger partial charge in [0, 0.05) is 23.4 Å². The van der Waals surface area contributed by atoms with E-state index in [9.17, 15) is 0 Å². The molecule has 20 heavy (non-hydrogen) atoms. The zero-order valence-corrected chi connectivity index (χ0v) is 11.9. The van der Waals surface area contributed by atoms with Crippen LogP contribution in [0.15, 0.2) is 23.6 Å². The van der Waals surface area contributed by atoms with Crippen LogP contribution in [0.25, 0.3) is 11.3 Å². The van der Waals surface area contributed by atoms with Gasteiger partial charge in [0.25, 0.3) is 0 Å². The summed E-state index contributed by atoms with van der Waals surface area (Å²) in [5.41, 5.74) is 2.13. The number of hydrogen-bond donors (Lipinski definition) is 1. The van der Waals surface area contributed by atoms with Crippen molar-refractivity contribution in [3.63, 3.8) is 0 Å². The van der Waals surface area contributed by atoms with Crippen LogP contribution < -0.4 is 14.8 Å². The van der Waals surface area contributed by atoms with Crippen LogP contribution in [0.3, 0.4) is 0 Å². The Hall–Kier alpha value is -1.59. The van der Waals surface area contributed by atoms with Crippen LogP contribution in [0.5, 0.6) is 11.5 Å². The van der Waals surface area contributed by atoms with Crippen molar-refractivity contribution in [1.82, 2.24) is 10.3 Å². The van der Waals surface area contributed by atoms with Crippen LogP contribution in [0, 0.1) is 0 Å². The number of rotatable bonds is 2. The van der Waals surface area contributed by atoms with Gasteiger partial charge in [-0.3, -0.25) is 0 Å². The molecule has 4 nitrogen and oxygen atoms in total. The maximum Gasteiger partial charge on any atom is 0.231 e. The largest absolute Gasteiger partial charge is 0.454 e. The van der Waals surface area contributed by atoms with Crippen LogP contribution in [0.1, 0.15) is 23.8 Å². The molecule has 2 aliphatic heterocycles. The quantitative estimate of drug-likeness (QED) is 0.922. The Morgan fingerprint density at radius 1 is 1.25 bits per heavy atom. The van der Waals surface area contributed by atoms with Gasteiger partial charge >= 0.3 is 0 Å². The second kappa shape index (κ2) is 5.07. The van der Waals surface area contributed by atoms with Gasteiger partial charge in [-0.25, -0.2) is 4.98 Å². The van der Waals surface area contributed by atoms with E-state index < -0.39 is 0 Å². The molecule has 1 N–H and O–H groups in total. The molecule has 0 saturated carbocycles. The van der Waals surface area contributed by atoms with Crippen molar-refractivity contribution in [3.8, 4) is 22.8 Å². The van der Waals surface area contributed by atoms with Gasteiger partial charge in [0.15, 0.2) is 11.5 Å². The lowest BCUT2D eigenvalue weighted by atomic mass is 10.0. The molecule has 1 aromatic carbocycles. The van der Waals surface area contributed by atoms with Gasteiger partial charge in [-0.1, -0.05) is 0 Å². The fourth-order valence-electron chi connectivity index (χ4n) is 2.73. The van der Waals surface area contributed by atoms with Crippen molar-refractivity contribution in [1.29, 1.82) is 0 Å². The second-order valence-corrected chi connectivity index (χ2v) is 6.07. The molecule has 1 fully saturated rings. The molecule has 1 saturated heterocycles. The molecule has 0 bridgehead atoms. The Bertz CT molecular complexity index is 620. The number of hydrogen-bond acceptors (Lipinski definition) is 5. The van der Waals surface area contributed by atoms with Gasteiger partial charge in [0.05, 0.1) is 10.7 Å². The molecular weight excluding hydrogens is 272 g/mol. The Morgan fingerprint density at radius 2 is 2.20 bits per heavy atom. The third kappa shape index (κ3) is 2.17. The Labute approximate surface area is 121 Å². The van der Waals surface area contributed by atoms with Crippen LogP contribution in [0.4, 0.5) is 0 Å². The van der Waals surface area contributed by atoms with Crippen LogP contribution in [-0.4, -0.2) is 24.9 Å². The minimum Gasteiger partial charge on any atom is -0.454 e. The van der Waals surface area contributed by atoms with E-state index in [0.717, 1.165) is 35.8 Å². The molecule has 104 valence electrons. The number of ether oxygens (including phenoxy) is 2. The summed E-state index contributed by atoms with van der Waals surface area (Å²) in [5, 5.41) is 6.83. The third-order valence-corrected chi connectivity index (χ3v) is 4.84. The van der Waals surface area contributed by atoms with Crippen molar-refractivity contribution in [3.05, 3.63) is 28.6 Å². The minimum atomic E-state index is 0.314. The molecule has 5 heteroatoms. The molecule has 0 amide bonds. The average molecular weight is 288 g/mol. The summed E-state index contributed by atoms with van der Waals surface area (Å²) in [5.74, 6) is 2.20. The van der Waals surface area contributed by atoms with Gasteiger partial charge in [0.2, 0.25) is 6.79 Å². The zero-order valence-electron chi connectivity index (χ0n) is 11.1. The van der Waals surface area contributed by atoms with Crippen molar-refractivity contribution >= 4 is 11.3 Å². The standard InChI is InChI=1S/C15H16N2O2S/c1-2-11(7-16-5-1)15-17-12(8-20-15)10-3-4-13-14(6-10)19-9-18-13/h3-4,6,8,11,16H,1-2,5,7,9H2. The van der Waals surface area contributed by atoms with E-state index in [0.29, 0.717) is 12.7 Å². The zero-order chi connectivity index (χ0) is 13.4. The molecule has 4 rings (SSSR count). The highest BCUT2D eigenvalue weighted by Gasteiger charge is 2.20. The van der Waals surface area contributed by atoms with Crippen molar-refractivity contribution in [2.24, 2.45) is 0 Å². The number of nitrogens with zero attached hydrogens (tertiary/aromatic N) is 1. The predicted molar refractivity (Wildman–Crippen MR) is 78.5 cm³/mol. The van der Waals surface area contributed by atoms with Crippen LogP contribution in [0.2, 0.25) is 0 Å². The van der Waals surface area contributed by atoms with Crippen LogP contribution >= 0.6 is 11.3 Å². The van der Waals surface area contributed by atoms with E-state index in [4.69, 9.17) is 14.5 Å². The Morgan fingerprint density at radius 3 is 3.10 bits per heavy atom. The molecular formula is C15H16N2O2S. The maximum atomic E-state index is 5.43. The molecule has 3 heterocycles. The maximum absolute atomic E-state index is 5.43. The summed E-state index contributed by atoms with van der Waals surface area (Å²) in [6, 6.07) is 6.02. The first-order valence-corrected chi connectivity index (χ1v) is 7.84. The molecule has 2 aliphatic rings. The molecule has 0 aliphatic carbocycles. The summed E-state index contributed by atoms with van der Waals surface area (Å²) in [4.78, 5) is 4.81. The highest BCUT2D eigenvalue weighted by Crippen LogP contribution is 2.37. The average Bonchev–Trinajstić information content (AvgIpc) is 3.16. The topological polar surface area (TPSA) is 43.4 Å². The van der Waals surface area contributed by atoms with Crippen molar-refractivity contribution in [2.45, 2.75) is 18.8 Å². The first-order valence-electron chi connectivity index (χ1n) is 6.96. The number of benzene rings is 1. The lowest BCUT2D eigenvalue weighted by molar-refractivity contribution is 0.174. The van der Waals surface area contributed by atoms with Crippen molar-refractivity contribution in [2.75, 3.05) is 19.9 Å². The first kappa shape index (κ1) is 12.2. The highest BCUT2D eigenvalue weighted by atomic mass is 32.1. The summed E-state index contributed by atoms with van der Waals surface area (Å²) in [6.45, 7) is 2.50. The number of aromatic nitrogens is 1. The molecule has 0 spiro atoms. The highest BCUT2D eigenvalue weighted by molar-refractivity contribution is 7.10. The molecule has 1 aromatic heterocycles. The molecule has 0 radical (unpaired) electrons. The normalized spacial score (nSPS) is 21.1. The summed E-state index contributed by atoms with van der Waals surface area (Å²) < 4.78 is 10.8. The molecule has 1 unspecified atom stereocenters. The van der Waals surface area contributed by atoms with Crippen molar-refractivity contribution < 1.29 is 9.47 Å². The van der Waals surface area contributed by atoms with E-state index in [1.165, 1.54) is 17.8 Å². The predicted octanol–water partition coefficient (Wildman–Crippen LogP) is 3.01. The van der Waals surface area contributed by atoms with E-state index in [1.807, 2.05) is 18.2 Å². The smallest absolute Gasteiger partial charge is 0.231 e. The van der Waals surface area contributed by atoms with Gasteiger partial charge in [-0.05, 0) is 37.6 Å². The molecule has 1 atom stereocenters. The molecule has 2 aromatic rings. The fraction of sp³-hybridized carbons (Fsp3) is 0.400. The number of thiazole rings is 1. The Balaban J connectivity index is 1.61. The summed E-state index contributed by atoms with van der Waals surface area (Å²) in [7, 11) is 0. The van der Waals surface area contributed by atoms with Gasteiger partial charge in [-0.2, -0.15) is 0 Å². The summed E-state index contributed by atoms with van der Waals surface area (Å²) in [6.07, 6.45) is 2.48. The van der Waals surface area contributed by atoms with Gasteiger partial charge in [0.1, 0.15) is 0 Å².